The van der Waals surface area contributed by atoms with Crippen molar-refractivity contribution in [2.75, 3.05) is 13.2 Å². The van der Waals surface area contributed by atoms with Crippen molar-refractivity contribution in [1.29, 1.82) is 0 Å². The predicted molar refractivity (Wildman–Crippen MR) is 80.2 cm³/mol. The normalized spacial score (nSPS) is 13.8. The lowest BCUT2D eigenvalue weighted by Crippen LogP contribution is -2.37. The Morgan fingerprint density at radius 2 is 1.79 bits per heavy atom. The van der Waals surface area contributed by atoms with E-state index in [1.165, 1.54) is 0 Å². The second kappa shape index (κ2) is 8.04. The monoisotopic (exact) mass is 289 g/mol. The molecule has 0 fully saturated rings. The smallest absolute Gasteiger partial charge is 0.317 e. The summed E-state index contributed by atoms with van der Waals surface area (Å²) in [4.78, 5) is 0. The van der Waals surface area contributed by atoms with Crippen LogP contribution in [0.1, 0.15) is 48.0 Å². The van der Waals surface area contributed by atoms with Crippen LogP contribution in [0.5, 0.6) is 0 Å². The fraction of sp³-hybridized carbons (Fsp3) is 0.786. The molecule has 0 aliphatic carbocycles. The minimum atomic E-state index is -3.30. The van der Waals surface area contributed by atoms with Crippen molar-refractivity contribution < 1.29 is 13.6 Å². The fourth-order valence-corrected chi connectivity index (χ4v) is 3.47. The van der Waals surface area contributed by atoms with Crippen molar-refractivity contribution in [3.63, 3.8) is 0 Å². The van der Waals surface area contributed by atoms with E-state index in [4.69, 9.17) is 14.8 Å². The minimum absolute atomic E-state index is 0.314. The summed E-state index contributed by atoms with van der Waals surface area (Å²) in [7, 11) is -3.30. The highest BCUT2D eigenvalue weighted by atomic mass is 31.2. The van der Waals surface area contributed by atoms with Gasteiger partial charge in [0.2, 0.25) is 0 Å². The summed E-state index contributed by atoms with van der Waals surface area (Å²) in [6.07, 6.45) is 2.79. The van der Waals surface area contributed by atoms with Gasteiger partial charge in [0, 0.05) is 5.41 Å². The van der Waals surface area contributed by atoms with Gasteiger partial charge in [0.25, 0.3) is 0 Å². The molecule has 5 heteroatoms. The lowest BCUT2D eigenvalue weighted by Gasteiger charge is -2.32. The molecule has 1 unspecified atom stereocenters. The Labute approximate surface area is 117 Å². The molecule has 0 heterocycles. The van der Waals surface area contributed by atoms with Gasteiger partial charge in [0.15, 0.2) is 0 Å². The third kappa shape index (κ3) is 5.64. The van der Waals surface area contributed by atoms with Crippen LogP contribution in [0.4, 0.5) is 0 Å². The zero-order valence-electron chi connectivity index (χ0n) is 13.0. The Hall–Kier alpha value is -0.370. The minimum Gasteiger partial charge on any atom is -0.317 e. The SMILES string of the molecule is CCOP(=O)(OCC)C(N)C(C)(C)C=C=C(C)CC. The average molecular weight is 289 g/mol. The second-order valence-electron chi connectivity index (χ2n) is 5.06. The lowest BCUT2D eigenvalue weighted by molar-refractivity contribution is 0.198. The third-order valence-corrected chi connectivity index (χ3v) is 5.52. The molecule has 1 atom stereocenters. The Kier molecular flexibility index (Phi) is 7.88. The maximum Gasteiger partial charge on any atom is 0.348 e. The molecule has 4 nitrogen and oxygen atoms in total. The maximum absolute atomic E-state index is 12.7. The van der Waals surface area contributed by atoms with Crippen LogP contribution >= 0.6 is 7.60 Å². The number of hydrogen-bond acceptors (Lipinski definition) is 4. The van der Waals surface area contributed by atoms with E-state index in [2.05, 4.69) is 12.7 Å². The number of hydrogen-bond donors (Lipinski definition) is 1. The molecule has 0 aromatic rings. The fourth-order valence-electron chi connectivity index (χ4n) is 1.46. The quantitative estimate of drug-likeness (QED) is 0.540. The van der Waals surface area contributed by atoms with Gasteiger partial charge in [0.1, 0.15) is 5.78 Å². The van der Waals surface area contributed by atoms with Crippen LogP contribution in [0.3, 0.4) is 0 Å². The first kappa shape index (κ1) is 18.6. The topological polar surface area (TPSA) is 61.5 Å². The predicted octanol–water partition coefficient (Wildman–Crippen LogP) is 4.07. The summed E-state index contributed by atoms with van der Waals surface area (Å²) in [5, 5.41) is 0. The van der Waals surface area contributed by atoms with Crippen LogP contribution in [-0.4, -0.2) is 19.0 Å². The van der Waals surface area contributed by atoms with Crippen molar-refractivity contribution in [3.8, 4) is 0 Å². The van der Waals surface area contributed by atoms with Crippen LogP contribution in [0.15, 0.2) is 17.4 Å². The van der Waals surface area contributed by atoms with Crippen LogP contribution in [-0.2, 0) is 13.6 Å². The summed E-state index contributed by atoms with van der Waals surface area (Å²) in [5.41, 5.74) is 9.94. The zero-order chi connectivity index (χ0) is 15.1. The Morgan fingerprint density at radius 3 is 2.16 bits per heavy atom. The van der Waals surface area contributed by atoms with Gasteiger partial charge >= 0.3 is 7.60 Å². The van der Waals surface area contributed by atoms with Crippen molar-refractivity contribution in [2.45, 2.75) is 53.7 Å². The van der Waals surface area contributed by atoms with Gasteiger partial charge < -0.3 is 14.8 Å². The van der Waals surface area contributed by atoms with Gasteiger partial charge in [-0.05, 0) is 38.8 Å². The molecule has 0 saturated heterocycles. The molecule has 0 spiro atoms. The van der Waals surface area contributed by atoms with Gasteiger partial charge in [0.05, 0.1) is 13.2 Å². The molecule has 112 valence electrons. The molecule has 0 bridgehead atoms. The highest BCUT2D eigenvalue weighted by Crippen LogP contribution is 2.56. The molecule has 0 aliphatic rings. The van der Waals surface area contributed by atoms with Gasteiger partial charge in [-0.1, -0.05) is 20.8 Å². The first-order valence-electron chi connectivity index (χ1n) is 6.81. The summed E-state index contributed by atoms with van der Waals surface area (Å²) in [5.74, 6) is -0.711. The van der Waals surface area contributed by atoms with E-state index in [1.807, 2.05) is 26.8 Å². The molecular formula is C14H28NO3P. The van der Waals surface area contributed by atoms with Crippen molar-refractivity contribution in [3.05, 3.63) is 17.4 Å². The molecule has 2 N–H and O–H groups in total. The molecule has 19 heavy (non-hydrogen) atoms. The van der Waals surface area contributed by atoms with E-state index in [-0.39, 0.29) is 0 Å². The standard InChI is InChI=1S/C14H28NO3P/c1-7-12(4)10-11-14(5,6)13(15)19(16,17-8-2)18-9-3/h11,13H,7-9,15H2,1-6H3. The Balaban J connectivity index is 5.28. The molecule has 0 radical (unpaired) electrons. The van der Waals surface area contributed by atoms with E-state index in [1.54, 1.807) is 13.8 Å². The van der Waals surface area contributed by atoms with E-state index >= 15 is 0 Å². The van der Waals surface area contributed by atoms with Gasteiger partial charge in [-0.25, -0.2) is 0 Å². The van der Waals surface area contributed by atoms with Crippen molar-refractivity contribution in [1.82, 2.24) is 0 Å². The summed E-state index contributed by atoms with van der Waals surface area (Å²) < 4.78 is 23.3. The van der Waals surface area contributed by atoms with Crippen LogP contribution in [0.2, 0.25) is 0 Å². The van der Waals surface area contributed by atoms with Crippen LogP contribution in [0, 0.1) is 5.41 Å². The van der Waals surface area contributed by atoms with Gasteiger partial charge in [-0.3, -0.25) is 4.57 Å². The van der Waals surface area contributed by atoms with Crippen LogP contribution < -0.4 is 5.73 Å². The zero-order valence-corrected chi connectivity index (χ0v) is 13.9. The molecule has 0 amide bonds. The molecule has 0 saturated carbocycles. The van der Waals surface area contributed by atoms with E-state index in [9.17, 15) is 4.57 Å². The van der Waals surface area contributed by atoms with Gasteiger partial charge in [-0.2, -0.15) is 0 Å². The lowest BCUT2D eigenvalue weighted by atomic mass is 9.93. The first-order valence-corrected chi connectivity index (χ1v) is 8.42. The van der Waals surface area contributed by atoms with Crippen molar-refractivity contribution >= 4 is 7.60 Å². The van der Waals surface area contributed by atoms with E-state index in [0.29, 0.717) is 13.2 Å². The Morgan fingerprint density at radius 1 is 1.32 bits per heavy atom. The average Bonchev–Trinajstić information content (AvgIpc) is 2.35. The first-order chi connectivity index (χ1) is 8.73. The van der Waals surface area contributed by atoms with Crippen molar-refractivity contribution in [2.24, 2.45) is 11.1 Å². The summed E-state index contributed by atoms with van der Waals surface area (Å²) >= 11 is 0. The highest BCUT2D eigenvalue weighted by molar-refractivity contribution is 7.54. The maximum atomic E-state index is 12.7. The third-order valence-electron chi connectivity index (χ3n) is 2.94. The van der Waals surface area contributed by atoms with Gasteiger partial charge in [-0.15, -0.1) is 5.73 Å². The van der Waals surface area contributed by atoms with E-state index in [0.717, 1.165) is 12.0 Å². The van der Waals surface area contributed by atoms with E-state index < -0.39 is 18.8 Å². The highest BCUT2D eigenvalue weighted by Gasteiger charge is 2.42. The molecule has 0 aromatic carbocycles. The largest absolute Gasteiger partial charge is 0.348 e. The number of rotatable bonds is 8. The Bertz CT molecular complexity index is 374. The summed E-state index contributed by atoms with van der Waals surface area (Å²) in [6, 6.07) is 0. The molecule has 0 rings (SSSR count). The molecular weight excluding hydrogens is 261 g/mol. The van der Waals surface area contributed by atoms with Crippen LogP contribution in [0.25, 0.3) is 0 Å². The molecule has 0 aromatic heterocycles. The molecule has 0 aliphatic heterocycles. The summed E-state index contributed by atoms with van der Waals surface area (Å²) in [6.45, 7) is 12.1. The number of nitrogens with two attached hydrogens (primary N) is 1. The second-order valence-corrected chi connectivity index (χ2v) is 7.22.